The molecule has 0 aliphatic carbocycles. The number of amides is 1. The van der Waals surface area contributed by atoms with E-state index in [1.165, 1.54) is 18.2 Å². The van der Waals surface area contributed by atoms with Gasteiger partial charge in [-0.2, -0.15) is 4.31 Å². The summed E-state index contributed by atoms with van der Waals surface area (Å²) in [5.74, 6) is 1.02. The maximum Gasteiger partial charge on any atom is 0.271 e. The van der Waals surface area contributed by atoms with Crippen LogP contribution in [0.5, 0.6) is 17.2 Å². The van der Waals surface area contributed by atoms with Gasteiger partial charge in [-0.15, -0.1) is 0 Å². The number of anilines is 1. The second-order valence-corrected chi connectivity index (χ2v) is 10.4. The van der Waals surface area contributed by atoms with E-state index in [-0.39, 0.29) is 10.6 Å². The number of carbonyl (C=O) groups excluding carboxylic acids is 1. The molecular formula is C30H35NO6S. The van der Waals surface area contributed by atoms with Crippen molar-refractivity contribution in [2.24, 2.45) is 0 Å². The summed E-state index contributed by atoms with van der Waals surface area (Å²) in [7, 11) is -2.64. The standard InChI is InChI=1S/C30H35NO6S/c1-5-7-8-21-37-28-19-11-24(22-29(28)35-4)12-20-30(32)31(25-13-15-26(16-14-25)36-6-2)38(33,34)27-17-9-23(3)10-18-27/h9-20,22H,5-8,21H2,1-4H3/b20-12+. The Hall–Kier alpha value is -3.78. The largest absolute Gasteiger partial charge is 0.494 e. The van der Waals surface area contributed by atoms with Crippen molar-refractivity contribution in [2.75, 3.05) is 24.6 Å². The quantitative estimate of drug-likeness (QED) is 0.185. The molecule has 0 radical (unpaired) electrons. The predicted molar refractivity (Wildman–Crippen MR) is 151 cm³/mol. The van der Waals surface area contributed by atoms with E-state index in [9.17, 15) is 13.2 Å². The number of ether oxygens (including phenoxy) is 3. The molecule has 0 spiro atoms. The SMILES string of the molecule is CCCCCOc1ccc(/C=C/C(=O)N(c2ccc(OCC)cc2)S(=O)(=O)c2ccc(C)cc2)cc1OC. The van der Waals surface area contributed by atoms with Crippen molar-refractivity contribution in [3.05, 3.63) is 83.9 Å². The van der Waals surface area contributed by atoms with Gasteiger partial charge >= 0.3 is 0 Å². The molecule has 0 aliphatic rings. The number of hydrogen-bond donors (Lipinski definition) is 0. The monoisotopic (exact) mass is 537 g/mol. The molecule has 3 rings (SSSR count). The van der Waals surface area contributed by atoms with Crippen LogP contribution in [0, 0.1) is 6.92 Å². The molecule has 0 N–H and O–H groups in total. The summed E-state index contributed by atoms with van der Waals surface area (Å²) in [5.41, 5.74) is 1.78. The fraction of sp³-hybridized carbons (Fsp3) is 0.300. The van der Waals surface area contributed by atoms with E-state index in [1.54, 1.807) is 67.8 Å². The van der Waals surface area contributed by atoms with Crippen LogP contribution >= 0.6 is 0 Å². The van der Waals surface area contributed by atoms with Crippen LogP contribution in [0.1, 0.15) is 44.2 Å². The highest BCUT2D eigenvalue weighted by molar-refractivity contribution is 7.93. The first-order valence-electron chi connectivity index (χ1n) is 12.7. The summed E-state index contributed by atoms with van der Waals surface area (Å²) in [6, 6.07) is 18.1. The van der Waals surface area contributed by atoms with Crippen molar-refractivity contribution in [1.82, 2.24) is 0 Å². The lowest BCUT2D eigenvalue weighted by atomic mass is 10.2. The van der Waals surface area contributed by atoms with Crippen LogP contribution in [-0.4, -0.2) is 34.6 Å². The van der Waals surface area contributed by atoms with E-state index in [4.69, 9.17) is 14.2 Å². The minimum Gasteiger partial charge on any atom is -0.494 e. The maximum absolute atomic E-state index is 13.6. The third kappa shape index (κ3) is 7.38. The number of sulfonamides is 1. The van der Waals surface area contributed by atoms with Crippen LogP contribution in [0.2, 0.25) is 0 Å². The fourth-order valence-corrected chi connectivity index (χ4v) is 5.11. The minimum atomic E-state index is -4.19. The zero-order chi connectivity index (χ0) is 27.5. The average Bonchev–Trinajstić information content (AvgIpc) is 2.91. The molecule has 38 heavy (non-hydrogen) atoms. The number of hydrogen-bond acceptors (Lipinski definition) is 6. The normalized spacial score (nSPS) is 11.4. The van der Waals surface area contributed by atoms with E-state index in [0.29, 0.717) is 36.0 Å². The van der Waals surface area contributed by atoms with Gasteiger partial charge in [0.05, 0.1) is 30.9 Å². The number of unbranched alkanes of at least 4 members (excludes halogenated alkanes) is 2. The Morgan fingerprint density at radius 3 is 2.24 bits per heavy atom. The van der Waals surface area contributed by atoms with Crippen LogP contribution in [-0.2, 0) is 14.8 Å². The Bertz CT molecular complexity index is 1330. The molecule has 3 aromatic carbocycles. The summed E-state index contributed by atoms with van der Waals surface area (Å²) in [5, 5.41) is 0. The molecule has 0 aromatic heterocycles. The molecular weight excluding hydrogens is 502 g/mol. The van der Waals surface area contributed by atoms with E-state index < -0.39 is 15.9 Å². The molecule has 0 fully saturated rings. The van der Waals surface area contributed by atoms with Crippen molar-refractivity contribution in [3.8, 4) is 17.2 Å². The summed E-state index contributed by atoms with van der Waals surface area (Å²) in [4.78, 5) is 13.4. The zero-order valence-corrected chi connectivity index (χ0v) is 23.2. The third-order valence-corrected chi connectivity index (χ3v) is 7.49. The molecule has 0 heterocycles. The zero-order valence-electron chi connectivity index (χ0n) is 22.3. The second-order valence-electron chi connectivity index (χ2n) is 8.65. The van der Waals surface area contributed by atoms with Crippen molar-refractivity contribution in [1.29, 1.82) is 0 Å². The minimum absolute atomic E-state index is 0.0185. The molecule has 7 nitrogen and oxygen atoms in total. The molecule has 8 heteroatoms. The van der Waals surface area contributed by atoms with Gasteiger partial charge in [-0.1, -0.05) is 43.5 Å². The number of rotatable bonds is 13. The average molecular weight is 538 g/mol. The molecule has 0 saturated heterocycles. The van der Waals surface area contributed by atoms with Crippen molar-refractivity contribution in [2.45, 2.75) is 44.9 Å². The molecule has 3 aromatic rings. The Morgan fingerprint density at radius 2 is 1.61 bits per heavy atom. The van der Waals surface area contributed by atoms with Crippen molar-refractivity contribution in [3.63, 3.8) is 0 Å². The van der Waals surface area contributed by atoms with Gasteiger partial charge in [-0.25, -0.2) is 8.42 Å². The van der Waals surface area contributed by atoms with E-state index in [1.807, 2.05) is 13.8 Å². The molecule has 202 valence electrons. The highest BCUT2D eigenvalue weighted by Crippen LogP contribution is 2.30. The number of aryl methyl sites for hydroxylation is 1. The molecule has 0 saturated carbocycles. The lowest BCUT2D eigenvalue weighted by Crippen LogP contribution is -2.35. The Morgan fingerprint density at radius 1 is 0.895 bits per heavy atom. The van der Waals surface area contributed by atoms with E-state index >= 15 is 0 Å². The predicted octanol–water partition coefficient (Wildman–Crippen LogP) is 6.41. The molecule has 0 aliphatic heterocycles. The smallest absolute Gasteiger partial charge is 0.271 e. The van der Waals surface area contributed by atoms with E-state index in [0.717, 1.165) is 29.1 Å². The van der Waals surface area contributed by atoms with Gasteiger partial charge in [-0.05, 0) is 80.4 Å². The Labute approximate surface area is 225 Å². The topological polar surface area (TPSA) is 82.1 Å². The Balaban J connectivity index is 1.91. The number of nitrogens with zero attached hydrogens (tertiary/aromatic N) is 1. The number of methoxy groups -OCH3 is 1. The van der Waals surface area contributed by atoms with Gasteiger partial charge in [-0.3, -0.25) is 4.79 Å². The van der Waals surface area contributed by atoms with Gasteiger partial charge in [0, 0.05) is 6.08 Å². The third-order valence-electron chi connectivity index (χ3n) is 5.75. The maximum atomic E-state index is 13.6. The number of benzene rings is 3. The first kappa shape index (κ1) is 28.8. The molecule has 0 unspecified atom stereocenters. The first-order chi connectivity index (χ1) is 18.3. The second kappa shape index (κ2) is 13.7. The molecule has 0 atom stereocenters. The van der Waals surface area contributed by atoms with Crippen LogP contribution < -0.4 is 18.5 Å². The van der Waals surface area contributed by atoms with Gasteiger partial charge < -0.3 is 14.2 Å². The summed E-state index contributed by atoms with van der Waals surface area (Å²) in [6.07, 6.45) is 5.93. The lowest BCUT2D eigenvalue weighted by molar-refractivity contribution is -0.113. The van der Waals surface area contributed by atoms with Gasteiger partial charge in [0.2, 0.25) is 0 Å². The van der Waals surface area contributed by atoms with Crippen molar-refractivity contribution < 1.29 is 27.4 Å². The fourth-order valence-electron chi connectivity index (χ4n) is 3.72. The molecule has 1 amide bonds. The summed E-state index contributed by atoms with van der Waals surface area (Å²) >= 11 is 0. The lowest BCUT2D eigenvalue weighted by Gasteiger charge is -2.22. The van der Waals surface area contributed by atoms with Crippen LogP contribution in [0.4, 0.5) is 5.69 Å². The summed E-state index contributed by atoms with van der Waals surface area (Å²) in [6.45, 7) is 6.91. The van der Waals surface area contributed by atoms with Gasteiger partial charge in [0.1, 0.15) is 5.75 Å². The van der Waals surface area contributed by atoms with Gasteiger partial charge in [0.15, 0.2) is 11.5 Å². The van der Waals surface area contributed by atoms with Crippen LogP contribution in [0.25, 0.3) is 6.08 Å². The van der Waals surface area contributed by atoms with E-state index in [2.05, 4.69) is 6.92 Å². The van der Waals surface area contributed by atoms with Crippen LogP contribution in [0.3, 0.4) is 0 Å². The van der Waals surface area contributed by atoms with Gasteiger partial charge in [0.25, 0.3) is 15.9 Å². The van der Waals surface area contributed by atoms with Crippen LogP contribution in [0.15, 0.2) is 77.7 Å². The van der Waals surface area contributed by atoms with Crippen molar-refractivity contribution >= 4 is 27.7 Å². The first-order valence-corrected chi connectivity index (χ1v) is 14.1. The highest BCUT2D eigenvalue weighted by atomic mass is 32.2. The summed E-state index contributed by atoms with van der Waals surface area (Å²) < 4.78 is 44.8. The highest BCUT2D eigenvalue weighted by Gasteiger charge is 2.29. The Kier molecular flexibility index (Phi) is 10.4. The number of carbonyl (C=O) groups is 1. The molecule has 0 bridgehead atoms.